The fraction of sp³-hybridized carbons (Fsp3) is 0.414. The Balaban J connectivity index is 1.56. The third-order valence-electron chi connectivity index (χ3n) is 6.75. The summed E-state index contributed by atoms with van der Waals surface area (Å²) in [6, 6.07) is 12.3. The molecule has 1 aliphatic rings. The smallest absolute Gasteiger partial charge is 0.410 e. The van der Waals surface area contributed by atoms with Crippen molar-refractivity contribution >= 4 is 40.8 Å². The molecule has 2 aromatic heterocycles. The first-order valence-electron chi connectivity index (χ1n) is 13.5. The van der Waals surface area contributed by atoms with E-state index in [4.69, 9.17) is 19.3 Å². The minimum absolute atomic E-state index is 0.000916. The number of benzene rings is 1. The van der Waals surface area contributed by atoms with Crippen LogP contribution in [0.4, 0.5) is 9.59 Å². The highest BCUT2D eigenvalue weighted by molar-refractivity contribution is 7.10. The molecule has 12 heteroatoms. The zero-order valence-corrected chi connectivity index (χ0v) is 24.7. The van der Waals surface area contributed by atoms with Gasteiger partial charge < -0.3 is 29.5 Å². The zero-order chi connectivity index (χ0) is 29.2. The van der Waals surface area contributed by atoms with E-state index in [1.807, 2.05) is 53.2 Å². The number of urea groups is 1. The monoisotopic (exact) mass is 601 g/mol. The summed E-state index contributed by atoms with van der Waals surface area (Å²) in [5.74, 6) is 0.302. The molecule has 0 fully saturated rings. The van der Waals surface area contributed by atoms with E-state index >= 15 is 0 Å². The van der Waals surface area contributed by atoms with Gasteiger partial charge in [0.15, 0.2) is 11.5 Å². The number of nitrogens with one attached hydrogen (secondary N) is 1. The number of carboxylic acid groups (broad SMARTS) is 1. The van der Waals surface area contributed by atoms with Gasteiger partial charge in [0.25, 0.3) is 0 Å². The lowest BCUT2D eigenvalue weighted by Crippen LogP contribution is -2.47. The van der Waals surface area contributed by atoms with E-state index in [2.05, 4.69) is 12.2 Å². The summed E-state index contributed by atoms with van der Waals surface area (Å²) in [6.45, 7) is 2.56. The van der Waals surface area contributed by atoms with Gasteiger partial charge in [0.05, 0.1) is 25.0 Å². The Kier molecular flexibility index (Phi) is 10.9. The highest BCUT2D eigenvalue weighted by atomic mass is 32.1. The second kappa shape index (κ2) is 14.7. The SMILES string of the molecule is CCCC[C@@H](COC(=O)N(Cc1cccs1)C(c1ccc2c(c1)OCO2)c1cccs1)N(C)C(=O)NCCC(=O)O. The predicted molar refractivity (Wildman–Crippen MR) is 157 cm³/mol. The average molecular weight is 602 g/mol. The van der Waals surface area contributed by atoms with E-state index in [0.717, 1.165) is 28.2 Å². The van der Waals surface area contributed by atoms with Gasteiger partial charge in [0, 0.05) is 23.3 Å². The fourth-order valence-corrected chi connectivity index (χ4v) is 6.07. The Labute approximate surface area is 247 Å². The first kappa shape index (κ1) is 30.2. The number of fused-ring (bicyclic) bond motifs is 1. The van der Waals surface area contributed by atoms with Crippen LogP contribution in [-0.4, -0.2) is 66.0 Å². The summed E-state index contributed by atoms with van der Waals surface area (Å²) in [5.41, 5.74) is 0.864. The number of amides is 3. The normalized spacial score (nSPS) is 13.3. The number of rotatable bonds is 14. The predicted octanol–water partition coefficient (Wildman–Crippen LogP) is 5.94. The molecule has 1 unspecified atom stereocenters. The van der Waals surface area contributed by atoms with E-state index in [1.165, 1.54) is 4.90 Å². The minimum atomic E-state index is -0.988. The van der Waals surface area contributed by atoms with Gasteiger partial charge in [-0.1, -0.05) is 38.0 Å². The third-order valence-corrected chi connectivity index (χ3v) is 8.54. The minimum Gasteiger partial charge on any atom is -0.481 e. The number of nitrogens with zero attached hydrogens (tertiary/aromatic N) is 2. The van der Waals surface area contributed by atoms with Crippen molar-refractivity contribution in [3.63, 3.8) is 0 Å². The molecule has 1 aliphatic heterocycles. The van der Waals surface area contributed by atoms with Gasteiger partial charge in [-0.2, -0.15) is 0 Å². The van der Waals surface area contributed by atoms with Crippen molar-refractivity contribution in [1.29, 1.82) is 0 Å². The molecule has 3 heterocycles. The van der Waals surface area contributed by atoms with Crippen molar-refractivity contribution in [3.8, 4) is 11.5 Å². The van der Waals surface area contributed by atoms with Crippen molar-refractivity contribution in [2.45, 2.75) is 51.2 Å². The standard InChI is InChI=1S/C29H35N3O7S2/c1-3-4-7-21(31(2)28(35)30-13-12-26(33)34)18-37-29(36)32(17-22-8-5-14-40-22)27(25-9-6-15-41-25)20-10-11-23-24(16-20)39-19-38-23/h5-6,8-11,14-16,21,27H,3-4,7,12-13,17-19H2,1-2H3,(H,30,35)(H,33,34)/t21-,27?/m0/s1. The van der Waals surface area contributed by atoms with Gasteiger partial charge in [-0.25, -0.2) is 9.59 Å². The number of ether oxygens (including phenoxy) is 3. The quantitative estimate of drug-likeness (QED) is 0.235. The number of likely N-dealkylation sites (N-methyl/N-ethyl adjacent to an activating group) is 1. The number of carbonyl (C=O) groups is 3. The summed E-state index contributed by atoms with van der Waals surface area (Å²) >= 11 is 3.11. The van der Waals surface area contributed by atoms with Crippen LogP contribution in [0.1, 0.15) is 54.0 Å². The Hall–Kier alpha value is -3.77. The molecule has 220 valence electrons. The molecule has 0 aliphatic carbocycles. The summed E-state index contributed by atoms with van der Waals surface area (Å²) in [4.78, 5) is 42.6. The van der Waals surface area contributed by atoms with E-state index in [9.17, 15) is 14.4 Å². The zero-order valence-electron chi connectivity index (χ0n) is 23.1. The number of hydrogen-bond acceptors (Lipinski definition) is 8. The van der Waals surface area contributed by atoms with Crippen LogP contribution in [0, 0.1) is 0 Å². The molecule has 3 amide bonds. The van der Waals surface area contributed by atoms with Crippen molar-refractivity contribution in [1.82, 2.24) is 15.1 Å². The maximum absolute atomic E-state index is 13.9. The van der Waals surface area contributed by atoms with Gasteiger partial charge in [0.2, 0.25) is 6.79 Å². The van der Waals surface area contributed by atoms with E-state index in [-0.39, 0.29) is 32.4 Å². The van der Waals surface area contributed by atoms with Crippen LogP contribution in [0.25, 0.3) is 0 Å². The summed E-state index contributed by atoms with van der Waals surface area (Å²) in [6.07, 6.45) is 1.71. The average Bonchev–Trinajstić information content (AvgIpc) is 3.75. The Morgan fingerprint density at radius 1 is 1.10 bits per heavy atom. The van der Waals surface area contributed by atoms with Crippen LogP contribution >= 0.6 is 22.7 Å². The van der Waals surface area contributed by atoms with Crippen LogP contribution in [0.15, 0.2) is 53.2 Å². The molecule has 0 saturated heterocycles. The third kappa shape index (κ3) is 8.14. The van der Waals surface area contributed by atoms with Crippen LogP contribution in [0.3, 0.4) is 0 Å². The van der Waals surface area contributed by atoms with Crippen molar-refractivity contribution < 1.29 is 33.7 Å². The van der Waals surface area contributed by atoms with Crippen LogP contribution in [0.2, 0.25) is 0 Å². The topological polar surface area (TPSA) is 118 Å². The fourth-order valence-electron chi connectivity index (χ4n) is 4.51. The first-order chi connectivity index (χ1) is 19.9. The summed E-state index contributed by atoms with van der Waals surface area (Å²) in [5, 5.41) is 15.5. The molecule has 0 spiro atoms. The lowest BCUT2D eigenvalue weighted by atomic mass is 10.0. The summed E-state index contributed by atoms with van der Waals surface area (Å²) in [7, 11) is 1.63. The molecular weight excluding hydrogens is 566 g/mol. The number of hydrogen-bond donors (Lipinski definition) is 2. The molecule has 41 heavy (non-hydrogen) atoms. The number of carbonyl (C=O) groups excluding carboxylic acids is 2. The molecule has 0 bridgehead atoms. The second-order valence-electron chi connectivity index (χ2n) is 9.60. The molecule has 10 nitrogen and oxygen atoms in total. The van der Waals surface area contributed by atoms with E-state index < -0.39 is 24.1 Å². The molecule has 0 radical (unpaired) electrons. The Bertz CT molecular complexity index is 1280. The van der Waals surface area contributed by atoms with Gasteiger partial charge in [-0.15, -0.1) is 22.7 Å². The lowest BCUT2D eigenvalue weighted by molar-refractivity contribution is -0.136. The molecule has 0 saturated carbocycles. The molecule has 3 aromatic rings. The maximum atomic E-state index is 13.9. The van der Waals surface area contributed by atoms with Crippen LogP contribution in [0.5, 0.6) is 11.5 Å². The van der Waals surface area contributed by atoms with E-state index in [1.54, 1.807) is 34.6 Å². The van der Waals surface area contributed by atoms with Gasteiger partial charge in [-0.05, 0) is 47.0 Å². The van der Waals surface area contributed by atoms with Gasteiger partial charge in [0.1, 0.15) is 6.61 Å². The van der Waals surface area contributed by atoms with Crippen molar-refractivity contribution in [2.75, 3.05) is 27.0 Å². The van der Waals surface area contributed by atoms with Crippen molar-refractivity contribution in [3.05, 3.63) is 68.5 Å². The first-order valence-corrected chi connectivity index (χ1v) is 15.2. The van der Waals surface area contributed by atoms with Crippen molar-refractivity contribution in [2.24, 2.45) is 0 Å². The molecule has 2 N–H and O–H groups in total. The number of thiophene rings is 2. The number of unbranched alkanes of at least 4 members (excludes halogenated alkanes) is 1. The molecular formula is C29H35N3O7S2. The second-order valence-corrected chi connectivity index (χ2v) is 11.6. The Morgan fingerprint density at radius 2 is 1.88 bits per heavy atom. The molecule has 2 atom stereocenters. The van der Waals surface area contributed by atoms with Crippen LogP contribution < -0.4 is 14.8 Å². The summed E-state index contributed by atoms with van der Waals surface area (Å²) < 4.78 is 17.1. The van der Waals surface area contributed by atoms with Crippen LogP contribution in [-0.2, 0) is 16.1 Å². The van der Waals surface area contributed by atoms with Gasteiger partial charge in [-0.3, -0.25) is 9.69 Å². The number of carboxylic acids is 1. The Morgan fingerprint density at radius 3 is 2.59 bits per heavy atom. The number of aliphatic carboxylic acids is 1. The molecule has 1 aromatic carbocycles. The highest BCUT2D eigenvalue weighted by Crippen LogP contribution is 2.40. The lowest BCUT2D eigenvalue weighted by Gasteiger charge is -2.33. The maximum Gasteiger partial charge on any atom is 0.410 e. The largest absolute Gasteiger partial charge is 0.481 e. The molecule has 4 rings (SSSR count). The highest BCUT2D eigenvalue weighted by Gasteiger charge is 2.32. The van der Waals surface area contributed by atoms with E-state index in [0.29, 0.717) is 24.5 Å². The van der Waals surface area contributed by atoms with Gasteiger partial charge >= 0.3 is 18.1 Å².